The number of fused-ring (bicyclic) bond motifs is 1. The number of rotatable bonds is 5. The number of benzene rings is 1. The topological polar surface area (TPSA) is 85.8 Å². The summed E-state index contributed by atoms with van der Waals surface area (Å²) >= 11 is 0. The van der Waals surface area contributed by atoms with Gasteiger partial charge in [-0.1, -0.05) is 67.4 Å². The molecule has 3 N–H and O–H groups in total. The Bertz CT molecular complexity index is 1150. The van der Waals surface area contributed by atoms with E-state index in [0.29, 0.717) is 17.5 Å². The van der Waals surface area contributed by atoms with Crippen LogP contribution in [0, 0.1) is 18.6 Å². The van der Waals surface area contributed by atoms with Gasteiger partial charge in [0, 0.05) is 24.7 Å². The molecule has 0 radical (unpaired) electrons. The van der Waals surface area contributed by atoms with Gasteiger partial charge in [-0.25, -0.2) is 18.7 Å². The van der Waals surface area contributed by atoms with Gasteiger partial charge in [0.15, 0.2) is 11.6 Å². The number of nitrogens with one attached hydrogen (secondary N) is 1. The van der Waals surface area contributed by atoms with Crippen LogP contribution >= 0.6 is 0 Å². The van der Waals surface area contributed by atoms with Crippen LogP contribution in [0.1, 0.15) is 105 Å². The molecule has 38 heavy (non-hydrogen) atoms. The van der Waals surface area contributed by atoms with E-state index in [9.17, 15) is 13.6 Å². The number of hydrogen-bond donors (Lipinski definition) is 2. The van der Waals surface area contributed by atoms with Crippen molar-refractivity contribution in [3.05, 3.63) is 53.5 Å². The van der Waals surface area contributed by atoms with Gasteiger partial charge in [-0.3, -0.25) is 4.79 Å². The summed E-state index contributed by atoms with van der Waals surface area (Å²) in [5.74, 6) is -0.268. The number of anilines is 1. The first kappa shape index (κ1) is 33.0. The number of nitrogens with zero attached hydrogens (tertiary/aromatic N) is 3. The molecular weight excluding hydrogens is 484 g/mol. The second-order valence-corrected chi connectivity index (χ2v) is 10.1. The van der Waals surface area contributed by atoms with Crippen LogP contribution in [0.4, 0.5) is 14.6 Å². The fourth-order valence-corrected chi connectivity index (χ4v) is 4.56. The summed E-state index contributed by atoms with van der Waals surface area (Å²) in [6.07, 6.45) is 6.42. The fraction of sp³-hybridized carbons (Fsp3) is 0.567. The Balaban J connectivity index is 0.000000336. The number of nitrogens with two attached hydrogens (primary N) is 1. The minimum absolute atomic E-state index is 0.0106. The molecule has 0 spiro atoms. The molecule has 4 rings (SSSR count). The molecule has 6 nitrogen and oxygen atoms in total. The standard InChI is InChI=1S/C13H14F2N2.C13H21N3O.2C2H6/c1-8-16-11-7-6-10(14)12(15)13(11)17(8)9-4-2-3-5-9;1-9(8-11(14)17)16-12-10(13(2,3)4)6-5-7-15-12;2*1-2/h6-7,9H,2-5H2,1H3;5-7,9H,8H2,1-4H3,(H2,14,17)(H,15,16);2*1-2H3. The van der Waals surface area contributed by atoms with Gasteiger partial charge in [-0.05, 0) is 55.9 Å². The molecule has 2 heterocycles. The second kappa shape index (κ2) is 15.4. The predicted octanol–water partition coefficient (Wildman–Crippen LogP) is 7.85. The molecule has 1 aliphatic carbocycles. The first-order valence-corrected chi connectivity index (χ1v) is 13.8. The maximum absolute atomic E-state index is 13.9. The molecule has 1 fully saturated rings. The number of carbonyl (C=O) groups excluding carboxylic acids is 1. The molecule has 1 atom stereocenters. The van der Waals surface area contributed by atoms with Crippen LogP contribution in [0.3, 0.4) is 0 Å². The van der Waals surface area contributed by atoms with Gasteiger partial charge >= 0.3 is 0 Å². The number of imidazole rings is 1. The number of halogens is 2. The van der Waals surface area contributed by atoms with Crippen molar-refractivity contribution >= 4 is 22.8 Å². The fourth-order valence-electron chi connectivity index (χ4n) is 4.56. The van der Waals surface area contributed by atoms with Crippen LogP contribution in [0.5, 0.6) is 0 Å². The van der Waals surface area contributed by atoms with Gasteiger partial charge in [0.2, 0.25) is 5.91 Å². The van der Waals surface area contributed by atoms with Crippen molar-refractivity contribution in [2.45, 2.75) is 112 Å². The quantitative estimate of drug-likeness (QED) is 0.351. The van der Waals surface area contributed by atoms with Crippen molar-refractivity contribution in [1.29, 1.82) is 0 Å². The average Bonchev–Trinajstić information content (AvgIpc) is 3.51. The third-order valence-corrected chi connectivity index (χ3v) is 6.12. The van der Waals surface area contributed by atoms with E-state index in [2.05, 4.69) is 36.1 Å². The highest BCUT2D eigenvalue weighted by Gasteiger charge is 2.24. The number of hydrogen-bond acceptors (Lipinski definition) is 4. The minimum atomic E-state index is -0.795. The van der Waals surface area contributed by atoms with Gasteiger partial charge in [0.25, 0.3) is 0 Å². The first-order valence-electron chi connectivity index (χ1n) is 13.8. The van der Waals surface area contributed by atoms with Crippen molar-refractivity contribution in [3.8, 4) is 0 Å². The van der Waals surface area contributed by atoms with Gasteiger partial charge < -0.3 is 15.6 Å². The predicted molar refractivity (Wildman–Crippen MR) is 154 cm³/mol. The van der Waals surface area contributed by atoms with Crippen LogP contribution in [0.25, 0.3) is 11.0 Å². The Hall–Kier alpha value is -3.03. The average molecular weight is 532 g/mol. The molecule has 3 aromatic rings. The lowest BCUT2D eigenvalue weighted by atomic mass is 9.87. The normalized spacial score (nSPS) is 13.9. The van der Waals surface area contributed by atoms with E-state index in [-0.39, 0.29) is 23.4 Å². The summed E-state index contributed by atoms with van der Waals surface area (Å²) in [5.41, 5.74) is 7.20. The van der Waals surface area contributed by atoms with Gasteiger partial charge in [-0.15, -0.1) is 0 Å². The molecule has 1 aliphatic rings. The lowest BCUT2D eigenvalue weighted by Crippen LogP contribution is -2.26. The van der Waals surface area contributed by atoms with Crippen molar-refractivity contribution < 1.29 is 13.6 Å². The highest BCUT2D eigenvalue weighted by molar-refractivity contribution is 5.77. The summed E-state index contributed by atoms with van der Waals surface area (Å²) in [6.45, 7) is 18.2. The van der Waals surface area contributed by atoms with E-state index in [1.54, 1.807) is 12.3 Å². The van der Waals surface area contributed by atoms with Gasteiger partial charge in [-0.2, -0.15) is 0 Å². The Labute approximate surface area is 227 Å². The van der Waals surface area contributed by atoms with Crippen LogP contribution < -0.4 is 11.1 Å². The third kappa shape index (κ3) is 8.77. The van der Waals surface area contributed by atoms with Crippen LogP contribution in [-0.2, 0) is 10.2 Å². The zero-order valence-corrected chi connectivity index (χ0v) is 24.7. The lowest BCUT2D eigenvalue weighted by molar-refractivity contribution is -0.118. The highest BCUT2D eigenvalue weighted by atomic mass is 19.2. The maximum atomic E-state index is 13.9. The first-order chi connectivity index (χ1) is 18.0. The number of pyridine rings is 1. The molecule has 1 unspecified atom stereocenters. The van der Waals surface area contributed by atoms with Crippen LogP contribution in [-0.4, -0.2) is 26.5 Å². The number of primary amides is 1. The molecule has 1 saturated carbocycles. The number of aromatic nitrogens is 3. The van der Waals surface area contributed by atoms with E-state index in [1.165, 1.54) is 0 Å². The molecular formula is C30H47F2N5O. The summed E-state index contributed by atoms with van der Waals surface area (Å²) in [6, 6.07) is 6.92. The summed E-state index contributed by atoms with van der Waals surface area (Å²) in [7, 11) is 0. The second-order valence-electron chi connectivity index (χ2n) is 10.1. The largest absolute Gasteiger partial charge is 0.370 e. The third-order valence-electron chi connectivity index (χ3n) is 6.12. The SMILES string of the molecule is CC.CC.CC(CC(N)=O)Nc1ncccc1C(C)(C)C.Cc1nc2ccc(F)c(F)c2n1C1CCCC1. The molecule has 1 amide bonds. The van der Waals surface area contributed by atoms with Crippen LogP contribution in [0.15, 0.2) is 30.5 Å². The molecule has 8 heteroatoms. The van der Waals surface area contributed by atoms with Crippen molar-refractivity contribution in [3.63, 3.8) is 0 Å². The number of aryl methyl sites for hydroxylation is 1. The molecule has 212 valence electrons. The van der Waals surface area contributed by atoms with E-state index in [1.807, 2.05) is 58.2 Å². The molecule has 0 aliphatic heterocycles. The van der Waals surface area contributed by atoms with Crippen molar-refractivity contribution in [1.82, 2.24) is 14.5 Å². The Morgan fingerprint density at radius 3 is 2.29 bits per heavy atom. The zero-order valence-electron chi connectivity index (χ0n) is 24.7. The smallest absolute Gasteiger partial charge is 0.219 e. The Kier molecular flexibility index (Phi) is 13.4. The van der Waals surface area contributed by atoms with Gasteiger partial charge in [0.05, 0.1) is 5.52 Å². The summed E-state index contributed by atoms with van der Waals surface area (Å²) < 4.78 is 29.1. The monoisotopic (exact) mass is 531 g/mol. The van der Waals surface area contributed by atoms with Gasteiger partial charge in [0.1, 0.15) is 17.2 Å². The summed E-state index contributed by atoms with van der Waals surface area (Å²) in [5, 5.41) is 3.24. The lowest BCUT2D eigenvalue weighted by Gasteiger charge is -2.24. The minimum Gasteiger partial charge on any atom is -0.370 e. The van der Waals surface area contributed by atoms with E-state index < -0.39 is 11.6 Å². The zero-order chi connectivity index (χ0) is 29.0. The highest BCUT2D eigenvalue weighted by Crippen LogP contribution is 2.34. The Morgan fingerprint density at radius 2 is 1.74 bits per heavy atom. The van der Waals surface area contributed by atoms with E-state index in [0.717, 1.165) is 49.0 Å². The molecule has 0 bridgehead atoms. The van der Waals surface area contributed by atoms with Crippen molar-refractivity contribution in [2.24, 2.45) is 5.73 Å². The summed E-state index contributed by atoms with van der Waals surface area (Å²) in [4.78, 5) is 19.5. The Morgan fingerprint density at radius 1 is 1.13 bits per heavy atom. The van der Waals surface area contributed by atoms with Crippen molar-refractivity contribution in [2.75, 3.05) is 5.32 Å². The number of amides is 1. The number of carbonyl (C=O) groups is 1. The van der Waals surface area contributed by atoms with E-state index >= 15 is 0 Å². The molecule has 1 aromatic carbocycles. The maximum Gasteiger partial charge on any atom is 0.219 e. The molecule has 2 aromatic heterocycles. The van der Waals surface area contributed by atoms with Crippen LogP contribution in [0.2, 0.25) is 0 Å². The van der Waals surface area contributed by atoms with E-state index in [4.69, 9.17) is 5.73 Å². The molecule has 0 saturated heterocycles.